The number of aromatic nitrogens is 1. The summed E-state index contributed by atoms with van der Waals surface area (Å²) in [6.45, 7) is 0.357. The predicted octanol–water partition coefficient (Wildman–Crippen LogP) is 0.997. The van der Waals surface area contributed by atoms with Crippen LogP contribution in [0.25, 0.3) is 10.9 Å². The molecule has 0 radical (unpaired) electrons. The topological polar surface area (TPSA) is 91.4 Å². The smallest absolute Gasteiger partial charge is 0.311 e. The lowest BCUT2D eigenvalue weighted by molar-refractivity contribution is -0.142. The monoisotopic (exact) mass is 274 g/mol. The number of carbonyl (C=O) groups excluding carboxylic acids is 1. The number of para-hydroxylation sites is 1. The highest BCUT2D eigenvalue weighted by atomic mass is 16.5. The minimum atomic E-state index is -0.954. The van der Waals surface area contributed by atoms with Crippen LogP contribution in [0.5, 0.6) is 0 Å². The number of carbonyl (C=O) groups is 2. The number of rotatable bonds is 3. The van der Waals surface area contributed by atoms with Crippen molar-refractivity contribution in [2.45, 2.75) is 6.04 Å². The van der Waals surface area contributed by atoms with Gasteiger partial charge in [-0.25, -0.2) is 0 Å². The Kier molecular flexibility index (Phi) is 3.15. The van der Waals surface area contributed by atoms with E-state index >= 15 is 0 Å². The lowest BCUT2D eigenvalue weighted by Crippen LogP contribution is -2.42. The molecular weight excluding hydrogens is 260 g/mol. The number of hydrogen-bond donors (Lipinski definition) is 3. The average Bonchev–Trinajstić information content (AvgIpc) is 3.03. The van der Waals surface area contributed by atoms with Crippen molar-refractivity contribution < 1.29 is 19.4 Å². The first-order valence-corrected chi connectivity index (χ1v) is 6.34. The Bertz CT molecular complexity index is 631. The van der Waals surface area contributed by atoms with Crippen molar-refractivity contribution in [3.8, 4) is 0 Å². The van der Waals surface area contributed by atoms with E-state index in [1.807, 2.05) is 24.3 Å². The number of hydrogen-bond acceptors (Lipinski definition) is 3. The molecule has 104 valence electrons. The molecule has 0 aliphatic carbocycles. The maximum atomic E-state index is 12.1. The summed E-state index contributed by atoms with van der Waals surface area (Å²) in [7, 11) is 0. The summed E-state index contributed by atoms with van der Waals surface area (Å²) in [4.78, 5) is 26.2. The van der Waals surface area contributed by atoms with Crippen molar-refractivity contribution in [2.24, 2.45) is 5.92 Å². The summed E-state index contributed by atoms with van der Waals surface area (Å²) in [5.41, 5.74) is 1.29. The molecule has 1 saturated heterocycles. The minimum absolute atomic E-state index is 0.132. The molecular formula is C14H14N2O4. The highest BCUT2D eigenvalue weighted by Gasteiger charge is 2.35. The molecule has 0 saturated carbocycles. The number of ether oxygens (including phenoxy) is 1. The normalized spacial score (nSPS) is 22.0. The molecule has 2 aromatic rings. The Hall–Kier alpha value is -2.34. The Labute approximate surface area is 114 Å². The molecule has 0 spiro atoms. The van der Waals surface area contributed by atoms with Gasteiger partial charge < -0.3 is 20.1 Å². The van der Waals surface area contributed by atoms with E-state index in [-0.39, 0.29) is 19.1 Å². The molecule has 1 aromatic heterocycles. The Morgan fingerprint density at radius 2 is 2.10 bits per heavy atom. The predicted molar refractivity (Wildman–Crippen MR) is 71.5 cm³/mol. The second kappa shape index (κ2) is 4.97. The zero-order valence-corrected chi connectivity index (χ0v) is 10.6. The van der Waals surface area contributed by atoms with Gasteiger partial charge in [-0.15, -0.1) is 0 Å². The molecule has 3 rings (SSSR count). The van der Waals surface area contributed by atoms with Gasteiger partial charge >= 0.3 is 5.97 Å². The zero-order chi connectivity index (χ0) is 14.1. The lowest BCUT2D eigenvalue weighted by atomic mass is 10.0. The van der Waals surface area contributed by atoms with E-state index in [1.54, 1.807) is 6.07 Å². The standard InChI is InChI=1S/C14H14N2O4/c17-13(16-12-7-20-6-9(12)14(18)19)11-5-8-3-1-2-4-10(8)15-11/h1-5,9,12,15H,6-7H2,(H,16,17)(H,18,19). The van der Waals surface area contributed by atoms with E-state index in [4.69, 9.17) is 9.84 Å². The van der Waals surface area contributed by atoms with Crippen LogP contribution in [0.1, 0.15) is 10.5 Å². The first-order chi connectivity index (χ1) is 9.65. The molecule has 1 amide bonds. The number of fused-ring (bicyclic) bond motifs is 1. The van der Waals surface area contributed by atoms with Gasteiger partial charge in [0.05, 0.1) is 19.3 Å². The molecule has 2 heterocycles. The van der Waals surface area contributed by atoms with E-state index in [0.29, 0.717) is 5.69 Å². The van der Waals surface area contributed by atoms with Crippen LogP contribution in [0.4, 0.5) is 0 Å². The van der Waals surface area contributed by atoms with E-state index < -0.39 is 17.9 Å². The quantitative estimate of drug-likeness (QED) is 0.778. The van der Waals surface area contributed by atoms with Gasteiger partial charge in [0.25, 0.3) is 5.91 Å². The number of amides is 1. The average molecular weight is 274 g/mol. The number of carboxylic acid groups (broad SMARTS) is 1. The van der Waals surface area contributed by atoms with Gasteiger partial charge in [0, 0.05) is 10.9 Å². The molecule has 20 heavy (non-hydrogen) atoms. The summed E-state index contributed by atoms with van der Waals surface area (Å²) in [5, 5.41) is 12.7. The van der Waals surface area contributed by atoms with Gasteiger partial charge in [-0.05, 0) is 12.1 Å². The molecule has 1 aliphatic heterocycles. The number of nitrogens with one attached hydrogen (secondary N) is 2. The summed E-state index contributed by atoms with van der Waals surface area (Å²) >= 11 is 0. The Morgan fingerprint density at radius 3 is 2.85 bits per heavy atom. The number of benzene rings is 1. The van der Waals surface area contributed by atoms with E-state index in [2.05, 4.69) is 10.3 Å². The maximum absolute atomic E-state index is 12.1. The number of H-pyrrole nitrogens is 1. The lowest BCUT2D eigenvalue weighted by Gasteiger charge is -2.14. The molecule has 0 bridgehead atoms. The maximum Gasteiger partial charge on any atom is 0.311 e. The fraction of sp³-hybridized carbons (Fsp3) is 0.286. The number of aromatic amines is 1. The van der Waals surface area contributed by atoms with E-state index in [9.17, 15) is 9.59 Å². The second-order valence-electron chi connectivity index (χ2n) is 4.83. The summed E-state index contributed by atoms with van der Waals surface area (Å²) in [6, 6.07) is 8.81. The van der Waals surface area contributed by atoms with Crippen LogP contribution in [0, 0.1) is 5.92 Å². The summed E-state index contributed by atoms with van der Waals surface area (Å²) < 4.78 is 5.12. The van der Waals surface area contributed by atoms with Crippen molar-refractivity contribution in [3.05, 3.63) is 36.0 Å². The molecule has 6 nitrogen and oxygen atoms in total. The van der Waals surface area contributed by atoms with Crippen LogP contribution in [0.2, 0.25) is 0 Å². The molecule has 3 N–H and O–H groups in total. The van der Waals surface area contributed by atoms with Crippen LogP contribution in [-0.4, -0.2) is 41.2 Å². The van der Waals surface area contributed by atoms with Crippen molar-refractivity contribution in [1.82, 2.24) is 10.3 Å². The van der Waals surface area contributed by atoms with E-state index in [1.165, 1.54) is 0 Å². The van der Waals surface area contributed by atoms with Crippen LogP contribution in [-0.2, 0) is 9.53 Å². The third-order valence-electron chi connectivity index (χ3n) is 3.49. The highest BCUT2D eigenvalue weighted by Crippen LogP contribution is 2.17. The van der Waals surface area contributed by atoms with Crippen LogP contribution < -0.4 is 5.32 Å². The van der Waals surface area contributed by atoms with Gasteiger partial charge in [-0.1, -0.05) is 18.2 Å². The van der Waals surface area contributed by atoms with Crippen molar-refractivity contribution in [1.29, 1.82) is 0 Å². The number of aliphatic carboxylic acids is 1. The fourth-order valence-corrected chi connectivity index (χ4v) is 2.38. The number of carboxylic acids is 1. The minimum Gasteiger partial charge on any atom is -0.481 e. The first-order valence-electron chi connectivity index (χ1n) is 6.34. The van der Waals surface area contributed by atoms with Crippen LogP contribution in [0.3, 0.4) is 0 Å². The summed E-state index contributed by atoms with van der Waals surface area (Å²) in [6.07, 6.45) is 0. The largest absolute Gasteiger partial charge is 0.481 e. The van der Waals surface area contributed by atoms with Gasteiger partial charge in [0.2, 0.25) is 0 Å². The van der Waals surface area contributed by atoms with Crippen molar-refractivity contribution >= 4 is 22.8 Å². The summed E-state index contributed by atoms with van der Waals surface area (Å²) in [5.74, 6) is -1.96. The van der Waals surface area contributed by atoms with Crippen LogP contribution >= 0.6 is 0 Å². The van der Waals surface area contributed by atoms with Gasteiger partial charge in [-0.3, -0.25) is 9.59 Å². The molecule has 1 aliphatic rings. The zero-order valence-electron chi connectivity index (χ0n) is 10.6. The fourth-order valence-electron chi connectivity index (χ4n) is 2.38. The van der Waals surface area contributed by atoms with Gasteiger partial charge in [-0.2, -0.15) is 0 Å². The van der Waals surface area contributed by atoms with Gasteiger partial charge in [0.15, 0.2) is 0 Å². The van der Waals surface area contributed by atoms with Crippen molar-refractivity contribution in [3.63, 3.8) is 0 Å². The van der Waals surface area contributed by atoms with Crippen LogP contribution in [0.15, 0.2) is 30.3 Å². The highest BCUT2D eigenvalue weighted by molar-refractivity contribution is 5.98. The molecule has 2 atom stereocenters. The molecule has 1 aromatic carbocycles. The second-order valence-corrected chi connectivity index (χ2v) is 4.83. The van der Waals surface area contributed by atoms with E-state index in [0.717, 1.165) is 10.9 Å². The third kappa shape index (κ3) is 2.25. The van der Waals surface area contributed by atoms with Crippen molar-refractivity contribution in [2.75, 3.05) is 13.2 Å². The van der Waals surface area contributed by atoms with Gasteiger partial charge in [0.1, 0.15) is 11.6 Å². The molecule has 2 unspecified atom stereocenters. The third-order valence-corrected chi connectivity index (χ3v) is 3.49. The first kappa shape index (κ1) is 12.7. The Balaban J connectivity index is 1.77. The Morgan fingerprint density at radius 1 is 1.30 bits per heavy atom. The molecule has 6 heteroatoms. The SMILES string of the molecule is O=C(NC1COCC1C(=O)O)c1cc2ccccc2[nH]1. The molecule has 1 fully saturated rings.